The van der Waals surface area contributed by atoms with Gasteiger partial charge in [-0.3, -0.25) is 19.3 Å². The lowest BCUT2D eigenvalue weighted by Crippen LogP contribution is -2.44. The lowest BCUT2D eigenvalue weighted by Gasteiger charge is -2.32. The minimum absolute atomic E-state index is 0.0400. The second kappa shape index (κ2) is 11.2. The van der Waals surface area contributed by atoms with Crippen molar-refractivity contribution >= 4 is 40.6 Å². The molecule has 0 unspecified atom stereocenters. The molecule has 0 saturated heterocycles. The molecule has 0 bridgehead atoms. The second-order valence-electron chi connectivity index (χ2n) is 8.76. The van der Waals surface area contributed by atoms with Crippen molar-refractivity contribution < 1.29 is 18.8 Å². The van der Waals surface area contributed by atoms with Gasteiger partial charge in [-0.25, -0.2) is 4.39 Å². The smallest absolute Gasteiger partial charge is 0.273 e. The van der Waals surface area contributed by atoms with Crippen LogP contribution >= 0.6 is 11.5 Å². The van der Waals surface area contributed by atoms with Crippen LogP contribution in [0.15, 0.2) is 72.8 Å². The first-order valence-corrected chi connectivity index (χ1v) is 12.5. The molecule has 194 valence electrons. The van der Waals surface area contributed by atoms with Crippen LogP contribution < -0.4 is 21.7 Å². The van der Waals surface area contributed by atoms with Gasteiger partial charge in [0.05, 0.1) is 5.69 Å². The Morgan fingerprint density at radius 2 is 1.71 bits per heavy atom. The van der Waals surface area contributed by atoms with Gasteiger partial charge in [-0.2, -0.15) is 4.37 Å². The maximum absolute atomic E-state index is 14.1. The predicted molar refractivity (Wildman–Crippen MR) is 145 cm³/mol. The summed E-state index contributed by atoms with van der Waals surface area (Å²) in [4.78, 5) is 41.0. The Morgan fingerprint density at radius 3 is 2.32 bits per heavy atom. The van der Waals surface area contributed by atoms with Crippen LogP contribution in [0.3, 0.4) is 0 Å². The van der Waals surface area contributed by atoms with Crippen LogP contribution in [0.4, 0.5) is 15.8 Å². The Labute approximate surface area is 223 Å². The number of halogens is 1. The fraction of sp³-hybridized carbons (Fsp3) is 0.143. The number of nitrogen functional groups attached to an aromatic ring is 1. The molecule has 4 rings (SSSR count). The molecule has 0 fully saturated rings. The first kappa shape index (κ1) is 26.5. The molecule has 4 aromatic rings. The van der Waals surface area contributed by atoms with E-state index >= 15 is 0 Å². The molecule has 0 spiro atoms. The lowest BCUT2D eigenvalue weighted by molar-refractivity contribution is -0.122. The van der Waals surface area contributed by atoms with E-state index in [1.54, 1.807) is 6.07 Å². The zero-order valence-corrected chi connectivity index (χ0v) is 21.6. The maximum Gasteiger partial charge on any atom is 0.273 e. The van der Waals surface area contributed by atoms with Gasteiger partial charge in [-0.05, 0) is 60.3 Å². The van der Waals surface area contributed by atoms with Crippen molar-refractivity contribution in [1.29, 1.82) is 0 Å². The van der Waals surface area contributed by atoms with E-state index in [9.17, 15) is 18.8 Å². The van der Waals surface area contributed by atoms with Crippen LogP contribution in [-0.4, -0.2) is 22.1 Å². The number of benzene rings is 3. The van der Waals surface area contributed by atoms with E-state index in [1.165, 1.54) is 29.2 Å². The third-order valence-electron chi connectivity index (χ3n) is 5.99. The molecule has 3 amide bonds. The van der Waals surface area contributed by atoms with Gasteiger partial charge in [0.25, 0.3) is 11.8 Å². The van der Waals surface area contributed by atoms with E-state index < -0.39 is 29.6 Å². The molecule has 1 atom stereocenters. The normalized spacial score (nSPS) is 11.6. The highest BCUT2D eigenvalue weighted by Gasteiger charge is 2.36. The molecular weight excluding hydrogens is 505 g/mol. The highest BCUT2D eigenvalue weighted by Crippen LogP contribution is 2.35. The third-order valence-corrected chi connectivity index (χ3v) is 6.84. The summed E-state index contributed by atoms with van der Waals surface area (Å²) in [7, 11) is 0. The van der Waals surface area contributed by atoms with E-state index in [0.29, 0.717) is 11.3 Å². The number of anilines is 2. The van der Waals surface area contributed by atoms with Gasteiger partial charge in [0, 0.05) is 12.2 Å². The van der Waals surface area contributed by atoms with Crippen LogP contribution in [0, 0.1) is 19.7 Å². The molecule has 0 saturated carbocycles. The van der Waals surface area contributed by atoms with Crippen molar-refractivity contribution in [3.05, 3.63) is 111 Å². The van der Waals surface area contributed by atoms with Gasteiger partial charge in [0.2, 0.25) is 5.91 Å². The number of rotatable bonds is 8. The van der Waals surface area contributed by atoms with Gasteiger partial charge in [0.1, 0.15) is 16.7 Å². The minimum Gasteiger partial charge on any atom is -0.395 e. The zero-order chi connectivity index (χ0) is 27.4. The summed E-state index contributed by atoms with van der Waals surface area (Å²) in [5, 5.41) is 2.89. The zero-order valence-electron chi connectivity index (χ0n) is 20.8. The Hall–Kier alpha value is -4.57. The van der Waals surface area contributed by atoms with Crippen LogP contribution in [-0.2, 0) is 11.3 Å². The average molecular weight is 532 g/mol. The second-order valence-corrected chi connectivity index (χ2v) is 9.53. The van der Waals surface area contributed by atoms with Crippen LogP contribution in [0.25, 0.3) is 0 Å². The van der Waals surface area contributed by atoms with E-state index in [-0.39, 0.29) is 22.8 Å². The summed E-state index contributed by atoms with van der Waals surface area (Å²) in [6.45, 7) is 3.94. The van der Waals surface area contributed by atoms with Crippen molar-refractivity contribution in [2.24, 2.45) is 5.73 Å². The molecule has 0 radical (unpaired) electrons. The van der Waals surface area contributed by atoms with Crippen molar-refractivity contribution in [1.82, 2.24) is 9.69 Å². The van der Waals surface area contributed by atoms with Crippen molar-refractivity contribution in [2.45, 2.75) is 26.4 Å². The molecular formula is C28H26FN5O3S. The van der Waals surface area contributed by atoms with Crippen molar-refractivity contribution in [3.63, 3.8) is 0 Å². The predicted octanol–water partition coefficient (Wildman–Crippen LogP) is 4.28. The van der Waals surface area contributed by atoms with Gasteiger partial charge in [0.15, 0.2) is 5.69 Å². The summed E-state index contributed by atoms with van der Waals surface area (Å²) in [5.74, 6) is -2.50. The molecule has 10 heteroatoms. The van der Waals surface area contributed by atoms with Crippen LogP contribution in [0.2, 0.25) is 0 Å². The number of hydrogen-bond acceptors (Lipinski definition) is 6. The Balaban J connectivity index is 1.86. The average Bonchev–Trinajstić information content (AvgIpc) is 3.29. The topological polar surface area (TPSA) is 131 Å². The molecule has 8 nitrogen and oxygen atoms in total. The number of amides is 3. The SMILES string of the molecule is Cc1ccc(N(C(=O)c2snc(C(N)=O)c2N)[C@@H](C(=O)NCc2ccccc2)c2ccc(F)cc2)c(C)c1. The monoisotopic (exact) mass is 531 g/mol. The number of nitrogens with one attached hydrogen (secondary N) is 1. The quantitative estimate of drug-likeness (QED) is 0.312. The Kier molecular flexibility index (Phi) is 7.82. The first-order valence-electron chi connectivity index (χ1n) is 11.7. The molecule has 5 N–H and O–H groups in total. The first-order chi connectivity index (χ1) is 18.2. The fourth-order valence-electron chi connectivity index (χ4n) is 4.12. The number of hydrogen-bond donors (Lipinski definition) is 3. The fourth-order valence-corrected chi connectivity index (χ4v) is 4.87. The molecule has 0 aliphatic rings. The molecule has 0 aliphatic carbocycles. The van der Waals surface area contributed by atoms with E-state index in [4.69, 9.17) is 11.5 Å². The van der Waals surface area contributed by atoms with Crippen molar-refractivity contribution in [2.75, 3.05) is 10.6 Å². The number of aromatic nitrogens is 1. The number of nitrogens with zero attached hydrogens (tertiary/aromatic N) is 2. The van der Waals surface area contributed by atoms with E-state index in [1.807, 2.05) is 56.3 Å². The lowest BCUT2D eigenvalue weighted by atomic mass is 10.0. The molecule has 1 heterocycles. The van der Waals surface area contributed by atoms with Crippen molar-refractivity contribution in [3.8, 4) is 0 Å². The summed E-state index contributed by atoms with van der Waals surface area (Å²) >= 11 is 0.723. The molecule has 1 aromatic heterocycles. The van der Waals surface area contributed by atoms with E-state index in [2.05, 4.69) is 9.69 Å². The van der Waals surface area contributed by atoms with Gasteiger partial charge < -0.3 is 16.8 Å². The highest BCUT2D eigenvalue weighted by molar-refractivity contribution is 7.09. The number of primary amides is 1. The maximum atomic E-state index is 14.1. The van der Waals surface area contributed by atoms with Gasteiger partial charge >= 0.3 is 0 Å². The molecule has 0 aliphatic heterocycles. The minimum atomic E-state index is -1.20. The summed E-state index contributed by atoms with van der Waals surface area (Å²) in [6.07, 6.45) is 0. The van der Waals surface area contributed by atoms with Crippen LogP contribution in [0.5, 0.6) is 0 Å². The number of nitrogens with two attached hydrogens (primary N) is 2. The number of carbonyl (C=O) groups excluding carboxylic acids is 3. The summed E-state index contributed by atoms with van der Waals surface area (Å²) in [6, 6.07) is 18.9. The third kappa shape index (κ3) is 5.55. The largest absolute Gasteiger partial charge is 0.395 e. The molecule has 38 heavy (non-hydrogen) atoms. The molecule has 3 aromatic carbocycles. The van der Waals surface area contributed by atoms with Gasteiger partial charge in [-0.1, -0.05) is 60.2 Å². The van der Waals surface area contributed by atoms with E-state index in [0.717, 1.165) is 28.2 Å². The van der Waals surface area contributed by atoms with Gasteiger partial charge in [-0.15, -0.1) is 0 Å². The summed E-state index contributed by atoms with van der Waals surface area (Å²) in [5.41, 5.74) is 14.4. The standard InChI is InChI=1S/C28H26FN5O3S/c1-16-8-13-21(17(2)14-16)34(28(37)25-22(30)23(26(31)35)33-38-25)24(19-9-11-20(29)12-10-19)27(36)32-15-18-6-4-3-5-7-18/h3-14,24H,15,30H2,1-2H3,(H2,31,35)(H,32,36)/t24-/m1/s1. The van der Waals surface area contributed by atoms with Crippen LogP contribution in [0.1, 0.15) is 48.5 Å². The summed E-state index contributed by atoms with van der Waals surface area (Å²) < 4.78 is 17.8. The highest BCUT2D eigenvalue weighted by atomic mass is 32.1. The number of aryl methyl sites for hydroxylation is 2. The number of carbonyl (C=O) groups is 3. The Morgan fingerprint density at radius 1 is 1.03 bits per heavy atom. The Bertz CT molecular complexity index is 1490.